The van der Waals surface area contributed by atoms with Crippen LogP contribution >= 0.6 is 0 Å². The molecule has 0 amide bonds. The summed E-state index contributed by atoms with van der Waals surface area (Å²) in [6.45, 7) is 0. The van der Waals surface area contributed by atoms with Crippen LogP contribution in [0.5, 0.6) is 0 Å². The predicted octanol–water partition coefficient (Wildman–Crippen LogP) is 1.41. The molecule has 5 atom stereocenters. The molecule has 0 aromatic heterocycles. The summed E-state index contributed by atoms with van der Waals surface area (Å²) in [6, 6.07) is 0. The summed E-state index contributed by atoms with van der Waals surface area (Å²) in [5.41, 5.74) is -0.302. The maximum absolute atomic E-state index is 11.0. The second-order valence-corrected chi connectivity index (χ2v) is 7.37. The Morgan fingerprint density at radius 3 is 2.19 bits per heavy atom. The van der Waals surface area contributed by atoms with Crippen molar-refractivity contribution in [3.05, 3.63) is 0 Å². The summed E-state index contributed by atoms with van der Waals surface area (Å²) in [6.07, 6.45) is 5.93. The fourth-order valence-corrected chi connectivity index (χ4v) is 6.92. The van der Waals surface area contributed by atoms with Crippen molar-refractivity contribution in [1.29, 1.82) is 0 Å². The Balaban J connectivity index is 1.72. The lowest BCUT2D eigenvalue weighted by atomic mass is 9.33. The van der Waals surface area contributed by atoms with Crippen molar-refractivity contribution in [2.24, 2.45) is 41.4 Å². The first-order valence-corrected chi connectivity index (χ1v) is 7.09. The summed E-state index contributed by atoms with van der Waals surface area (Å²) in [5, 5.41) is 21.5. The van der Waals surface area contributed by atoms with E-state index in [1.54, 1.807) is 0 Å². The number of hydrogen-bond donors (Lipinski definition) is 2. The predicted molar refractivity (Wildman–Crippen MR) is 58.5 cm³/mol. The van der Waals surface area contributed by atoms with Crippen LogP contribution in [-0.4, -0.2) is 21.9 Å². The largest absolute Gasteiger partial charge is 0.393 e. The van der Waals surface area contributed by atoms with Gasteiger partial charge in [-0.05, 0) is 73.5 Å². The molecule has 0 spiro atoms. The van der Waals surface area contributed by atoms with Crippen LogP contribution in [-0.2, 0) is 0 Å². The second-order valence-electron chi connectivity index (χ2n) is 7.37. The molecule has 2 nitrogen and oxygen atoms in total. The molecule has 7 saturated carbocycles. The van der Waals surface area contributed by atoms with Crippen LogP contribution < -0.4 is 0 Å². The van der Waals surface area contributed by atoms with Gasteiger partial charge in [-0.1, -0.05) is 0 Å². The first-order valence-electron chi connectivity index (χ1n) is 7.09. The third-order valence-electron chi connectivity index (χ3n) is 7.12. The lowest BCUT2D eigenvalue weighted by Gasteiger charge is -2.73. The lowest BCUT2D eigenvalue weighted by Crippen LogP contribution is -2.74. The van der Waals surface area contributed by atoms with Crippen LogP contribution in [0.25, 0.3) is 0 Å². The van der Waals surface area contributed by atoms with E-state index >= 15 is 0 Å². The summed E-state index contributed by atoms with van der Waals surface area (Å²) in [5.74, 6) is 4.33. The van der Waals surface area contributed by atoms with Crippen molar-refractivity contribution in [3.8, 4) is 0 Å². The zero-order valence-electron chi connectivity index (χ0n) is 9.55. The van der Waals surface area contributed by atoms with Gasteiger partial charge in [0.25, 0.3) is 0 Å². The molecular formula is C14H20O2. The fourth-order valence-electron chi connectivity index (χ4n) is 6.92. The normalized spacial score (nSPS) is 73.9. The minimum absolute atomic E-state index is 0.0221. The number of rotatable bonds is 0. The van der Waals surface area contributed by atoms with Crippen LogP contribution in [0.4, 0.5) is 0 Å². The van der Waals surface area contributed by atoms with E-state index in [1.165, 1.54) is 12.8 Å². The minimum Gasteiger partial charge on any atom is -0.393 e. The molecule has 0 heterocycles. The maximum atomic E-state index is 11.0. The highest BCUT2D eigenvalue weighted by Crippen LogP contribution is 2.72. The van der Waals surface area contributed by atoms with Gasteiger partial charge in [0.1, 0.15) is 0 Å². The van der Waals surface area contributed by atoms with E-state index < -0.39 is 0 Å². The zero-order valence-corrected chi connectivity index (χ0v) is 9.55. The Kier molecular flexibility index (Phi) is 1.32. The van der Waals surface area contributed by atoms with Crippen LogP contribution in [0, 0.1) is 41.4 Å². The van der Waals surface area contributed by atoms with E-state index in [2.05, 4.69) is 0 Å². The number of hydrogen-bond acceptors (Lipinski definition) is 2. The van der Waals surface area contributed by atoms with Crippen LogP contribution in [0.15, 0.2) is 0 Å². The zero-order chi connectivity index (χ0) is 10.7. The summed E-state index contributed by atoms with van der Waals surface area (Å²) < 4.78 is 0. The van der Waals surface area contributed by atoms with Crippen LogP contribution in [0.1, 0.15) is 32.1 Å². The van der Waals surface area contributed by atoms with E-state index in [0.717, 1.165) is 25.2 Å². The molecule has 0 radical (unpaired) electrons. The quantitative estimate of drug-likeness (QED) is 0.648. The van der Waals surface area contributed by atoms with Gasteiger partial charge in [-0.15, -0.1) is 0 Å². The average molecular weight is 220 g/mol. The third-order valence-corrected chi connectivity index (χ3v) is 7.12. The fraction of sp³-hybridized carbons (Fsp3) is 1.00. The second kappa shape index (κ2) is 2.37. The highest BCUT2D eigenvalue weighted by Gasteiger charge is 2.71. The summed E-state index contributed by atoms with van der Waals surface area (Å²) >= 11 is 0. The molecule has 7 rings (SSSR count). The SMILES string of the molecule is OC1C2CC3C4CC5CC(C14)C(C2)C3(O)C5. The Hall–Kier alpha value is -0.0800. The van der Waals surface area contributed by atoms with Gasteiger partial charge in [-0.3, -0.25) is 0 Å². The highest BCUT2D eigenvalue weighted by molar-refractivity contribution is 5.21. The molecule has 2 N–H and O–H groups in total. The Labute approximate surface area is 96.0 Å². The third kappa shape index (κ3) is 0.717. The van der Waals surface area contributed by atoms with Crippen molar-refractivity contribution in [3.63, 3.8) is 0 Å². The van der Waals surface area contributed by atoms with Crippen molar-refractivity contribution in [2.75, 3.05) is 0 Å². The molecule has 7 fully saturated rings. The van der Waals surface area contributed by atoms with Gasteiger partial charge in [0.15, 0.2) is 0 Å². The van der Waals surface area contributed by atoms with Crippen molar-refractivity contribution >= 4 is 0 Å². The van der Waals surface area contributed by atoms with Crippen LogP contribution in [0.2, 0.25) is 0 Å². The van der Waals surface area contributed by atoms with E-state index in [0.29, 0.717) is 35.5 Å². The molecule has 16 heavy (non-hydrogen) atoms. The molecule has 8 bridgehead atoms. The molecule has 5 unspecified atom stereocenters. The summed E-state index contributed by atoms with van der Waals surface area (Å²) in [4.78, 5) is 0. The van der Waals surface area contributed by atoms with E-state index in [-0.39, 0.29) is 11.7 Å². The van der Waals surface area contributed by atoms with Crippen molar-refractivity contribution in [2.45, 2.75) is 43.8 Å². The Bertz CT molecular complexity index is 338. The molecular weight excluding hydrogens is 200 g/mol. The van der Waals surface area contributed by atoms with Crippen LogP contribution in [0.3, 0.4) is 0 Å². The van der Waals surface area contributed by atoms with Gasteiger partial charge < -0.3 is 10.2 Å². The van der Waals surface area contributed by atoms with E-state index in [1.807, 2.05) is 0 Å². The number of aliphatic hydroxyl groups excluding tert-OH is 1. The molecule has 0 aliphatic heterocycles. The minimum atomic E-state index is -0.302. The van der Waals surface area contributed by atoms with Gasteiger partial charge in [0.2, 0.25) is 0 Å². The molecule has 2 heteroatoms. The average Bonchev–Trinajstić information content (AvgIpc) is 2.25. The van der Waals surface area contributed by atoms with Gasteiger partial charge in [-0.25, -0.2) is 0 Å². The molecule has 0 aromatic carbocycles. The number of aliphatic hydroxyl groups is 2. The first kappa shape index (κ1) is 8.93. The maximum Gasteiger partial charge on any atom is 0.0712 e. The molecule has 7 aliphatic rings. The van der Waals surface area contributed by atoms with Gasteiger partial charge in [-0.2, -0.15) is 0 Å². The van der Waals surface area contributed by atoms with E-state index in [4.69, 9.17) is 0 Å². The summed E-state index contributed by atoms with van der Waals surface area (Å²) in [7, 11) is 0. The molecule has 7 aliphatic carbocycles. The molecule has 88 valence electrons. The van der Waals surface area contributed by atoms with Crippen molar-refractivity contribution < 1.29 is 10.2 Å². The van der Waals surface area contributed by atoms with Crippen molar-refractivity contribution in [1.82, 2.24) is 0 Å². The molecule has 0 saturated heterocycles. The Morgan fingerprint density at radius 2 is 1.56 bits per heavy atom. The Morgan fingerprint density at radius 1 is 0.938 bits per heavy atom. The first-order chi connectivity index (χ1) is 7.68. The highest BCUT2D eigenvalue weighted by atomic mass is 16.3. The smallest absolute Gasteiger partial charge is 0.0712 e. The van der Waals surface area contributed by atoms with Gasteiger partial charge >= 0.3 is 0 Å². The van der Waals surface area contributed by atoms with Gasteiger partial charge in [0, 0.05) is 0 Å². The van der Waals surface area contributed by atoms with E-state index in [9.17, 15) is 10.2 Å². The molecule has 0 aromatic rings. The van der Waals surface area contributed by atoms with Gasteiger partial charge in [0.05, 0.1) is 11.7 Å². The lowest BCUT2D eigenvalue weighted by molar-refractivity contribution is -0.313. The monoisotopic (exact) mass is 220 g/mol. The topological polar surface area (TPSA) is 40.5 Å². The standard InChI is InChI=1S/C14H20O2/c15-13-7-3-10-8-1-6-2-9(12(8)13)11(4-7)14(10,16)5-6/h6-13,15-16H,1-5H2.